The van der Waals surface area contributed by atoms with Crippen LogP contribution in [0, 0.1) is 6.92 Å². The van der Waals surface area contributed by atoms with E-state index in [1.165, 1.54) is 12.0 Å². The van der Waals surface area contributed by atoms with Gasteiger partial charge in [-0.2, -0.15) is 0 Å². The van der Waals surface area contributed by atoms with Gasteiger partial charge in [0.2, 0.25) is 10.1 Å². The molecule has 0 N–H and O–H groups in total. The first-order chi connectivity index (χ1) is 10.7. The minimum atomic E-state index is 0.392. The van der Waals surface area contributed by atoms with Crippen LogP contribution in [-0.4, -0.2) is 28.3 Å². The predicted octanol–water partition coefficient (Wildman–Crippen LogP) is 3.45. The second-order valence-corrected chi connectivity index (χ2v) is 6.55. The van der Waals surface area contributed by atoms with Crippen LogP contribution in [0.15, 0.2) is 30.5 Å². The second-order valence-electron chi connectivity index (χ2n) is 5.62. The number of aryl methyl sites for hydroxylation is 1. The van der Waals surface area contributed by atoms with Crippen molar-refractivity contribution in [1.29, 1.82) is 0 Å². The fourth-order valence-corrected chi connectivity index (χ4v) is 4.09. The van der Waals surface area contributed by atoms with Gasteiger partial charge in [0.05, 0.1) is 25.0 Å². The Hall–Kier alpha value is -2.08. The van der Waals surface area contributed by atoms with Crippen molar-refractivity contribution in [2.24, 2.45) is 0 Å². The Morgan fingerprint density at radius 1 is 1.27 bits per heavy atom. The van der Waals surface area contributed by atoms with E-state index in [-0.39, 0.29) is 0 Å². The number of hydrogen-bond donors (Lipinski definition) is 0. The lowest BCUT2D eigenvalue weighted by atomic mass is 10.0. The number of benzene rings is 1. The molecule has 0 saturated carbocycles. The van der Waals surface area contributed by atoms with Crippen LogP contribution in [-0.2, 0) is 0 Å². The molecule has 1 aliphatic heterocycles. The van der Waals surface area contributed by atoms with Crippen LogP contribution in [0.2, 0.25) is 0 Å². The highest BCUT2D eigenvalue weighted by Gasteiger charge is 2.28. The molecule has 0 radical (unpaired) electrons. The first-order valence-corrected chi connectivity index (χ1v) is 8.29. The molecule has 0 spiro atoms. The minimum Gasteiger partial charge on any atom is -0.497 e. The number of nitrogens with zero attached hydrogens (tertiary/aromatic N) is 4. The molecule has 1 fully saturated rings. The number of hydrogen-bond acceptors (Lipinski definition) is 5. The molecule has 6 heteroatoms. The van der Waals surface area contributed by atoms with Gasteiger partial charge in [-0.25, -0.2) is 9.50 Å². The number of anilines is 1. The largest absolute Gasteiger partial charge is 0.497 e. The van der Waals surface area contributed by atoms with Gasteiger partial charge in [0.25, 0.3) is 0 Å². The van der Waals surface area contributed by atoms with Crippen LogP contribution >= 0.6 is 11.3 Å². The Balaban J connectivity index is 1.65. The molecule has 0 unspecified atom stereocenters. The fourth-order valence-electron chi connectivity index (χ4n) is 3.08. The molecule has 0 amide bonds. The smallest absolute Gasteiger partial charge is 0.214 e. The maximum atomic E-state index is 5.25. The van der Waals surface area contributed by atoms with Gasteiger partial charge in [-0.15, -0.1) is 5.10 Å². The average molecular weight is 314 g/mol. The summed E-state index contributed by atoms with van der Waals surface area (Å²) in [6, 6.07) is 8.77. The van der Waals surface area contributed by atoms with Crippen LogP contribution in [0.4, 0.5) is 5.13 Å². The van der Waals surface area contributed by atoms with Gasteiger partial charge < -0.3 is 9.64 Å². The lowest BCUT2D eigenvalue weighted by Gasteiger charge is -2.24. The van der Waals surface area contributed by atoms with Crippen molar-refractivity contribution >= 4 is 21.4 Å². The van der Waals surface area contributed by atoms with Crippen molar-refractivity contribution in [2.45, 2.75) is 25.8 Å². The van der Waals surface area contributed by atoms with E-state index in [0.717, 1.165) is 34.5 Å². The maximum Gasteiger partial charge on any atom is 0.214 e. The summed E-state index contributed by atoms with van der Waals surface area (Å²) >= 11 is 1.66. The Morgan fingerprint density at radius 2 is 2.09 bits per heavy atom. The van der Waals surface area contributed by atoms with Crippen LogP contribution in [0.5, 0.6) is 5.75 Å². The molecule has 1 aliphatic rings. The fraction of sp³-hybridized carbons (Fsp3) is 0.375. The molecule has 3 aromatic rings. The van der Waals surface area contributed by atoms with Gasteiger partial charge in [-0.3, -0.25) is 0 Å². The van der Waals surface area contributed by atoms with E-state index >= 15 is 0 Å². The third-order valence-electron chi connectivity index (χ3n) is 4.15. The summed E-state index contributed by atoms with van der Waals surface area (Å²) in [5.41, 5.74) is 2.33. The monoisotopic (exact) mass is 314 g/mol. The summed E-state index contributed by atoms with van der Waals surface area (Å²) in [7, 11) is 1.70. The van der Waals surface area contributed by atoms with Gasteiger partial charge in [-0.1, -0.05) is 23.5 Å². The van der Waals surface area contributed by atoms with Gasteiger partial charge in [0.1, 0.15) is 5.75 Å². The van der Waals surface area contributed by atoms with E-state index in [9.17, 15) is 0 Å². The van der Waals surface area contributed by atoms with Gasteiger partial charge in [0.15, 0.2) is 0 Å². The molecule has 1 atom stereocenters. The summed E-state index contributed by atoms with van der Waals surface area (Å²) in [5.74, 6) is 0.900. The number of rotatable bonds is 3. The van der Waals surface area contributed by atoms with Gasteiger partial charge >= 0.3 is 0 Å². The van der Waals surface area contributed by atoms with Crippen molar-refractivity contribution in [1.82, 2.24) is 14.6 Å². The lowest BCUT2D eigenvalue weighted by molar-refractivity contribution is 0.414. The normalized spacial score (nSPS) is 18.3. The van der Waals surface area contributed by atoms with Crippen LogP contribution < -0.4 is 9.64 Å². The first-order valence-electron chi connectivity index (χ1n) is 7.48. The minimum absolute atomic E-state index is 0.392. The lowest BCUT2D eigenvalue weighted by Crippen LogP contribution is -2.22. The molecule has 3 heterocycles. The third kappa shape index (κ3) is 2.23. The number of methoxy groups -OCH3 is 1. The number of ether oxygens (including phenoxy) is 1. The Morgan fingerprint density at radius 3 is 2.82 bits per heavy atom. The van der Waals surface area contributed by atoms with Crippen molar-refractivity contribution < 1.29 is 4.74 Å². The van der Waals surface area contributed by atoms with E-state index < -0.39 is 0 Å². The Labute approximate surface area is 133 Å². The van der Waals surface area contributed by atoms with Crippen molar-refractivity contribution in [3.8, 4) is 5.75 Å². The highest BCUT2D eigenvalue weighted by Crippen LogP contribution is 2.38. The summed E-state index contributed by atoms with van der Waals surface area (Å²) in [6.45, 7) is 3.05. The van der Waals surface area contributed by atoms with Crippen LogP contribution in [0.25, 0.3) is 4.96 Å². The van der Waals surface area contributed by atoms with Crippen molar-refractivity contribution in [3.63, 3.8) is 0 Å². The first kappa shape index (κ1) is 13.6. The zero-order valence-electron chi connectivity index (χ0n) is 12.7. The molecule has 1 aromatic carbocycles. The van der Waals surface area contributed by atoms with E-state index in [2.05, 4.69) is 22.0 Å². The number of imidazole rings is 1. The summed E-state index contributed by atoms with van der Waals surface area (Å²) in [6.07, 6.45) is 4.33. The predicted molar refractivity (Wildman–Crippen MR) is 87.9 cm³/mol. The van der Waals surface area contributed by atoms with E-state index in [4.69, 9.17) is 9.84 Å². The van der Waals surface area contributed by atoms with E-state index in [0.29, 0.717) is 6.04 Å². The van der Waals surface area contributed by atoms with Gasteiger partial charge in [-0.05, 0) is 37.5 Å². The summed E-state index contributed by atoms with van der Waals surface area (Å²) in [5, 5.41) is 5.76. The molecule has 1 saturated heterocycles. The Kier molecular flexibility index (Phi) is 3.26. The molecular formula is C16H18N4OS. The zero-order chi connectivity index (χ0) is 15.1. The number of fused-ring (bicyclic) bond motifs is 1. The highest BCUT2D eigenvalue weighted by atomic mass is 32.1. The second kappa shape index (κ2) is 5.28. The summed E-state index contributed by atoms with van der Waals surface area (Å²) in [4.78, 5) is 7.87. The highest BCUT2D eigenvalue weighted by molar-refractivity contribution is 7.20. The maximum absolute atomic E-state index is 5.25. The molecular weight excluding hydrogens is 296 g/mol. The molecule has 4 rings (SSSR count). The van der Waals surface area contributed by atoms with Crippen LogP contribution in [0.1, 0.15) is 30.1 Å². The number of aromatic nitrogens is 3. The zero-order valence-corrected chi connectivity index (χ0v) is 13.5. The van der Waals surface area contributed by atoms with E-state index in [1.54, 1.807) is 18.4 Å². The SMILES string of the molecule is COc1ccc([C@@H]2CCCN2c2nn3cc(C)nc3s2)cc1. The van der Waals surface area contributed by atoms with E-state index in [1.807, 2.05) is 29.8 Å². The topological polar surface area (TPSA) is 42.7 Å². The molecule has 0 bridgehead atoms. The molecule has 114 valence electrons. The summed E-state index contributed by atoms with van der Waals surface area (Å²) < 4.78 is 7.14. The molecule has 22 heavy (non-hydrogen) atoms. The molecule has 5 nitrogen and oxygen atoms in total. The molecule has 0 aliphatic carbocycles. The third-order valence-corrected chi connectivity index (χ3v) is 5.11. The van der Waals surface area contributed by atoms with Gasteiger partial charge in [0, 0.05) is 6.54 Å². The quantitative estimate of drug-likeness (QED) is 0.742. The standard InChI is InChI=1S/C16H18N4OS/c1-11-10-20-15(17-11)22-16(18-20)19-9-3-4-14(19)12-5-7-13(21-2)8-6-12/h5-8,10,14H,3-4,9H2,1-2H3/t14-/m0/s1. The average Bonchev–Trinajstić information content (AvgIpc) is 3.20. The van der Waals surface area contributed by atoms with Crippen LogP contribution in [0.3, 0.4) is 0 Å². The molecule has 2 aromatic heterocycles. The van der Waals surface area contributed by atoms with Crippen molar-refractivity contribution in [2.75, 3.05) is 18.6 Å². The van der Waals surface area contributed by atoms with Crippen molar-refractivity contribution in [3.05, 3.63) is 41.7 Å². The Bertz CT molecular complexity index is 761.